The lowest BCUT2D eigenvalue weighted by Crippen LogP contribution is -2.07. The molecule has 0 aliphatic carbocycles. The maximum absolute atomic E-state index is 10.7. The molecule has 0 spiro atoms. The molecular formula is C9H7ClO4. The number of hydrogen-bond donors (Lipinski definition) is 2. The maximum atomic E-state index is 10.7. The van der Waals surface area contributed by atoms with Crippen molar-refractivity contribution >= 4 is 23.5 Å². The molecule has 1 aromatic rings. The van der Waals surface area contributed by atoms with Gasteiger partial charge >= 0.3 is 11.9 Å². The van der Waals surface area contributed by atoms with Gasteiger partial charge in [0, 0.05) is 5.02 Å². The van der Waals surface area contributed by atoms with Crippen LogP contribution < -0.4 is 0 Å². The molecule has 14 heavy (non-hydrogen) atoms. The Morgan fingerprint density at radius 2 is 1.93 bits per heavy atom. The van der Waals surface area contributed by atoms with Crippen molar-refractivity contribution in [2.45, 2.75) is 6.42 Å². The predicted octanol–water partition coefficient (Wildman–Crippen LogP) is 1.67. The first-order valence-electron chi connectivity index (χ1n) is 3.74. The Labute approximate surface area is 84.7 Å². The van der Waals surface area contributed by atoms with Crippen molar-refractivity contribution in [2.75, 3.05) is 0 Å². The summed E-state index contributed by atoms with van der Waals surface area (Å²) in [5.74, 6) is -2.25. The molecule has 0 heterocycles. The quantitative estimate of drug-likeness (QED) is 0.803. The van der Waals surface area contributed by atoms with Crippen LogP contribution in [0.5, 0.6) is 0 Å². The van der Waals surface area contributed by atoms with Crippen LogP contribution in [0.25, 0.3) is 0 Å². The molecule has 74 valence electrons. The topological polar surface area (TPSA) is 74.6 Å². The van der Waals surface area contributed by atoms with Crippen LogP contribution >= 0.6 is 11.6 Å². The zero-order valence-corrected chi connectivity index (χ0v) is 7.78. The first kappa shape index (κ1) is 10.5. The second kappa shape index (κ2) is 4.11. The highest BCUT2D eigenvalue weighted by atomic mass is 35.5. The largest absolute Gasteiger partial charge is 0.481 e. The molecule has 0 atom stereocenters. The molecule has 0 saturated heterocycles. The van der Waals surface area contributed by atoms with Crippen molar-refractivity contribution < 1.29 is 19.8 Å². The van der Waals surface area contributed by atoms with Crippen molar-refractivity contribution in [3.05, 3.63) is 34.3 Å². The fourth-order valence-corrected chi connectivity index (χ4v) is 1.24. The van der Waals surface area contributed by atoms with Crippen molar-refractivity contribution in [3.63, 3.8) is 0 Å². The van der Waals surface area contributed by atoms with Gasteiger partial charge in [-0.3, -0.25) is 4.79 Å². The fraction of sp³-hybridized carbons (Fsp3) is 0.111. The zero-order chi connectivity index (χ0) is 10.7. The van der Waals surface area contributed by atoms with Crippen LogP contribution in [-0.4, -0.2) is 22.2 Å². The summed E-state index contributed by atoms with van der Waals surface area (Å²) in [6.45, 7) is 0. The van der Waals surface area contributed by atoms with E-state index >= 15 is 0 Å². The van der Waals surface area contributed by atoms with E-state index in [4.69, 9.17) is 21.8 Å². The average Bonchev–Trinajstić information content (AvgIpc) is 2.07. The van der Waals surface area contributed by atoms with E-state index < -0.39 is 11.9 Å². The molecule has 1 rings (SSSR count). The monoisotopic (exact) mass is 214 g/mol. The van der Waals surface area contributed by atoms with Crippen LogP contribution in [0.1, 0.15) is 15.9 Å². The summed E-state index contributed by atoms with van der Waals surface area (Å²) >= 11 is 5.59. The van der Waals surface area contributed by atoms with E-state index in [1.165, 1.54) is 18.2 Å². The minimum Gasteiger partial charge on any atom is -0.481 e. The standard InChI is InChI=1S/C9H7ClO4/c10-6-2-1-5(3-8(11)12)7(4-6)9(13)14/h1-2,4H,3H2,(H,11,12)(H,13,14). The molecule has 1 aromatic carbocycles. The van der Waals surface area contributed by atoms with E-state index in [0.29, 0.717) is 0 Å². The minimum absolute atomic E-state index is 0.0695. The molecular weight excluding hydrogens is 208 g/mol. The van der Waals surface area contributed by atoms with Crippen molar-refractivity contribution in [2.24, 2.45) is 0 Å². The lowest BCUT2D eigenvalue weighted by Gasteiger charge is -2.03. The van der Waals surface area contributed by atoms with Gasteiger partial charge in [0.2, 0.25) is 0 Å². The van der Waals surface area contributed by atoms with Gasteiger partial charge in [-0.05, 0) is 17.7 Å². The second-order valence-corrected chi connectivity index (χ2v) is 3.11. The smallest absolute Gasteiger partial charge is 0.336 e. The first-order chi connectivity index (χ1) is 6.50. The van der Waals surface area contributed by atoms with Crippen LogP contribution in [0, 0.1) is 0 Å². The van der Waals surface area contributed by atoms with Gasteiger partial charge in [-0.25, -0.2) is 4.79 Å². The number of aliphatic carboxylic acids is 1. The number of halogens is 1. The Balaban J connectivity index is 3.14. The second-order valence-electron chi connectivity index (χ2n) is 2.68. The lowest BCUT2D eigenvalue weighted by molar-refractivity contribution is -0.136. The van der Waals surface area contributed by atoms with Crippen molar-refractivity contribution in [1.29, 1.82) is 0 Å². The fourth-order valence-electron chi connectivity index (χ4n) is 1.06. The summed E-state index contributed by atoms with van der Waals surface area (Å²) in [6, 6.07) is 4.11. The normalized spacial score (nSPS) is 9.79. The van der Waals surface area contributed by atoms with E-state index in [2.05, 4.69) is 0 Å². The van der Waals surface area contributed by atoms with E-state index in [1.807, 2.05) is 0 Å². The van der Waals surface area contributed by atoms with E-state index in [-0.39, 0.29) is 22.6 Å². The molecule has 0 unspecified atom stereocenters. The number of hydrogen-bond acceptors (Lipinski definition) is 2. The van der Waals surface area contributed by atoms with Gasteiger partial charge in [-0.2, -0.15) is 0 Å². The van der Waals surface area contributed by atoms with Gasteiger partial charge in [0.25, 0.3) is 0 Å². The van der Waals surface area contributed by atoms with E-state index in [9.17, 15) is 9.59 Å². The minimum atomic E-state index is -1.18. The van der Waals surface area contributed by atoms with Crippen LogP contribution in [0.15, 0.2) is 18.2 Å². The van der Waals surface area contributed by atoms with E-state index in [0.717, 1.165) is 0 Å². The van der Waals surface area contributed by atoms with Gasteiger partial charge in [-0.15, -0.1) is 0 Å². The molecule has 0 fully saturated rings. The highest BCUT2D eigenvalue weighted by Crippen LogP contribution is 2.16. The Morgan fingerprint density at radius 3 is 2.43 bits per heavy atom. The Hall–Kier alpha value is -1.55. The summed E-state index contributed by atoms with van der Waals surface area (Å²) in [4.78, 5) is 21.1. The predicted molar refractivity (Wildman–Crippen MR) is 49.8 cm³/mol. The number of carbonyl (C=O) groups is 2. The molecule has 0 aliphatic rings. The Morgan fingerprint density at radius 1 is 1.29 bits per heavy atom. The molecule has 0 saturated carbocycles. The van der Waals surface area contributed by atoms with Gasteiger partial charge < -0.3 is 10.2 Å². The van der Waals surface area contributed by atoms with Crippen LogP contribution in [0.2, 0.25) is 5.02 Å². The highest BCUT2D eigenvalue weighted by Gasteiger charge is 2.12. The molecule has 5 heteroatoms. The molecule has 0 amide bonds. The molecule has 2 N–H and O–H groups in total. The third-order valence-electron chi connectivity index (χ3n) is 1.64. The lowest BCUT2D eigenvalue weighted by atomic mass is 10.1. The summed E-state index contributed by atoms with van der Waals surface area (Å²) < 4.78 is 0. The number of benzene rings is 1. The van der Waals surface area contributed by atoms with Crippen LogP contribution in [0.4, 0.5) is 0 Å². The molecule has 0 bridgehead atoms. The number of carboxylic acids is 2. The highest BCUT2D eigenvalue weighted by molar-refractivity contribution is 6.31. The van der Waals surface area contributed by atoms with Crippen LogP contribution in [-0.2, 0) is 11.2 Å². The number of carboxylic acid groups (broad SMARTS) is 2. The van der Waals surface area contributed by atoms with Crippen LogP contribution in [0.3, 0.4) is 0 Å². The summed E-state index contributed by atoms with van der Waals surface area (Å²) in [5.41, 5.74) is 0.175. The maximum Gasteiger partial charge on any atom is 0.336 e. The number of aromatic carboxylic acids is 1. The number of rotatable bonds is 3. The summed E-state index contributed by atoms with van der Waals surface area (Å²) in [6.07, 6.45) is -0.321. The zero-order valence-electron chi connectivity index (χ0n) is 7.03. The Bertz CT molecular complexity index is 386. The van der Waals surface area contributed by atoms with Crippen molar-refractivity contribution in [1.82, 2.24) is 0 Å². The van der Waals surface area contributed by atoms with Gasteiger partial charge in [0.05, 0.1) is 12.0 Å². The Kier molecular flexibility index (Phi) is 3.09. The van der Waals surface area contributed by atoms with Gasteiger partial charge in [-0.1, -0.05) is 17.7 Å². The first-order valence-corrected chi connectivity index (χ1v) is 4.12. The average molecular weight is 215 g/mol. The van der Waals surface area contributed by atoms with Gasteiger partial charge in [0.15, 0.2) is 0 Å². The third kappa shape index (κ3) is 2.47. The molecule has 0 aromatic heterocycles. The summed E-state index contributed by atoms with van der Waals surface area (Å²) in [7, 11) is 0. The molecule has 0 radical (unpaired) electrons. The summed E-state index contributed by atoms with van der Waals surface area (Å²) in [5, 5.41) is 17.5. The molecule has 0 aliphatic heterocycles. The van der Waals surface area contributed by atoms with Crippen molar-refractivity contribution in [3.8, 4) is 0 Å². The SMILES string of the molecule is O=C(O)Cc1ccc(Cl)cc1C(=O)O. The third-order valence-corrected chi connectivity index (χ3v) is 1.88. The van der Waals surface area contributed by atoms with E-state index in [1.54, 1.807) is 0 Å². The molecule has 4 nitrogen and oxygen atoms in total. The van der Waals surface area contributed by atoms with Gasteiger partial charge in [0.1, 0.15) is 0 Å².